The molecular weight excluding hydrogens is 402 g/mol. The molecule has 1 N–H and O–H groups in total. The molecule has 0 aromatic heterocycles. The highest BCUT2D eigenvalue weighted by Gasteiger charge is 2.16. The third kappa shape index (κ3) is 3.22. The van der Waals surface area contributed by atoms with Crippen LogP contribution in [0.5, 0.6) is 5.75 Å². The third-order valence-electron chi connectivity index (χ3n) is 2.55. The van der Waals surface area contributed by atoms with Crippen molar-refractivity contribution >= 4 is 47.8 Å². The fourth-order valence-corrected chi connectivity index (χ4v) is 4.24. The minimum atomic E-state index is 0.488. The Bertz CT molecular complexity index is 354. The van der Waals surface area contributed by atoms with Crippen molar-refractivity contribution in [2.75, 3.05) is 13.2 Å². The number of benzene rings is 1. The Morgan fingerprint density at radius 2 is 1.94 bits per heavy atom. The normalized spacial score (nSPS) is 20.1. The van der Waals surface area contributed by atoms with Gasteiger partial charge in [-0.05, 0) is 63.4 Å². The number of halogens is 3. The molecule has 1 aromatic carbocycles. The molecule has 1 saturated heterocycles. The summed E-state index contributed by atoms with van der Waals surface area (Å²) >= 11 is 10.4. The fourth-order valence-electron chi connectivity index (χ4n) is 1.75. The van der Waals surface area contributed by atoms with E-state index < -0.39 is 0 Å². The standard InChI is InChI=1S/C11H12Br3NO/c12-7-4-9(13)11(10(14)5-7)16-6-8-2-1-3-15-8/h4-5,8,15H,1-3,6H2/t8-/m0/s1. The van der Waals surface area contributed by atoms with Crippen LogP contribution in [0.4, 0.5) is 0 Å². The molecule has 2 nitrogen and oxygen atoms in total. The second-order valence-electron chi connectivity index (χ2n) is 3.80. The van der Waals surface area contributed by atoms with Crippen molar-refractivity contribution in [3.8, 4) is 5.75 Å². The Balaban J connectivity index is 2.03. The van der Waals surface area contributed by atoms with Crippen molar-refractivity contribution in [2.45, 2.75) is 18.9 Å². The Labute approximate surface area is 121 Å². The summed E-state index contributed by atoms with van der Waals surface area (Å²) in [4.78, 5) is 0. The zero-order valence-electron chi connectivity index (χ0n) is 8.60. The van der Waals surface area contributed by atoms with Gasteiger partial charge in [-0.15, -0.1) is 0 Å². The summed E-state index contributed by atoms with van der Waals surface area (Å²) in [5.74, 6) is 0.872. The van der Waals surface area contributed by atoms with Crippen LogP contribution in [-0.4, -0.2) is 19.2 Å². The van der Waals surface area contributed by atoms with Gasteiger partial charge in [0.05, 0.1) is 8.95 Å². The van der Waals surface area contributed by atoms with Crippen molar-refractivity contribution in [1.29, 1.82) is 0 Å². The monoisotopic (exact) mass is 411 g/mol. The minimum Gasteiger partial charge on any atom is -0.490 e. The maximum Gasteiger partial charge on any atom is 0.147 e. The number of nitrogens with one attached hydrogen (secondary N) is 1. The summed E-state index contributed by atoms with van der Waals surface area (Å²) in [5, 5.41) is 3.41. The predicted molar refractivity (Wildman–Crippen MR) is 76.1 cm³/mol. The maximum atomic E-state index is 5.83. The van der Waals surface area contributed by atoms with Crippen molar-refractivity contribution < 1.29 is 4.74 Å². The van der Waals surface area contributed by atoms with Crippen LogP contribution in [0.2, 0.25) is 0 Å². The first-order valence-electron chi connectivity index (χ1n) is 5.17. The zero-order valence-corrected chi connectivity index (χ0v) is 13.4. The van der Waals surface area contributed by atoms with Crippen LogP contribution in [0.3, 0.4) is 0 Å². The molecular formula is C11H12Br3NO. The molecule has 1 atom stereocenters. The topological polar surface area (TPSA) is 21.3 Å². The molecule has 0 unspecified atom stereocenters. The van der Waals surface area contributed by atoms with Gasteiger partial charge in [0, 0.05) is 10.5 Å². The van der Waals surface area contributed by atoms with Crippen LogP contribution in [0.15, 0.2) is 25.6 Å². The minimum absolute atomic E-state index is 0.488. The van der Waals surface area contributed by atoms with Gasteiger partial charge >= 0.3 is 0 Å². The first-order valence-corrected chi connectivity index (χ1v) is 7.55. The quantitative estimate of drug-likeness (QED) is 0.805. The Kier molecular flexibility index (Phi) is 4.70. The van der Waals surface area contributed by atoms with Gasteiger partial charge in [0.15, 0.2) is 0 Å². The van der Waals surface area contributed by atoms with Crippen LogP contribution in [0.1, 0.15) is 12.8 Å². The van der Waals surface area contributed by atoms with E-state index >= 15 is 0 Å². The van der Waals surface area contributed by atoms with E-state index in [1.165, 1.54) is 12.8 Å². The lowest BCUT2D eigenvalue weighted by Gasteiger charge is -2.14. The number of rotatable bonds is 3. The molecule has 1 aromatic rings. The van der Waals surface area contributed by atoms with Crippen molar-refractivity contribution in [2.24, 2.45) is 0 Å². The lowest BCUT2D eigenvalue weighted by molar-refractivity contribution is 0.274. The maximum absolute atomic E-state index is 5.83. The fraction of sp³-hybridized carbons (Fsp3) is 0.455. The highest BCUT2D eigenvalue weighted by atomic mass is 79.9. The highest BCUT2D eigenvalue weighted by molar-refractivity contribution is 9.11. The van der Waals surface area contributed by atoms with Gasteiger partial charge in [-0.3, -0.25) is 0 Å². The predicted octanol–water partition coefficient (Wildman–Crippen LogP) is 4.10. The molecule has 1 aliphatic heterocycles. The van der Waals surface area contributed by atoms with E-state index in [0.717, 1.165) is 32.3 Å². The van der Waals surface area contributed by atoms with Crippen molar-refractivity contribution in [3.05, 3.63) is 25.6 Å². The Morgan fingerprint density at radius 3 is 2.50 bits per heavy atom. The summed E-state index contributed by atoms with van der Waals surface area (Å²) in [6, 6.07) is 4.46. The van der Waals surface area contributed by atoms with Crippen LogP contribution in [-0.2, 0) is 0 Å². The summed E-state index contributed by atoms with van der Waals surface area (Å²) in [5.41, 5.74) is 0. The van der Waals surface area contributed by atoms with Gasteiger partial charge in [-0.1, -0.05) is 15.9 Å². The van der Waals surface area contributed by atoms with Crippen LogP contribution in [0.25, 0.3) is 0 Å². The highest BCUT2D eigenvalue weighted by Crippen LogP contribution is 2.36. The zero-order chi connectivity index (χ0) is 11.5. The lowest BCUT2D eigenvalue weighted by atomic mass is 10.2. The van der Waals surface area contributed by atoms with E-state index in [9.17, 15) is 0 Å². The molecule has 88 valence electrons. The van der Waals surface area contributed by atoms with Gasteiger partial charge < -0.3 is 10.1 Å². The van der Waals surface area contributed by atoms with Crippen LogP contribution in [0, 0.1) is 0 Å². The smallest absolute Gasteiger partial charge is 0.147 e. The second kappa shape index (κ2) is 5.85. The Morgan fingerprint density at radius 1 is 1.25 bits per heavy atom. The van der Waals surface area contributed by atoms with Gasteiger partial charge in [0.25, 0.3) is 0 Å². The number of hydrogen-bond acceptors (Lipinski definition) is 2. The average Bonchev–Trinajstić information content (AvgIpc) is 2.68. The molecule has 0 radical (unpaired) electrons. The molecule has 1 aliphatic rings. The van der Waals surface area contributed by atoms with Gasteiger partial charge in [-0.2, -0.15) is 0 Å². The molecule has 0 saturated carbocycles. The van der Waals surface area contributed by atoms with E-state index in [1.807, 2.05) is 12.1 Å². The number of ether oxygens (including phenoxy) is 1. The summed E-state index contributed by atoms with van der Waals surface area (Å²) in [6.07, 6.45) is 2.45. The van der Waals surface area contributed by atoms with Crippen LogP contribution >= 0.6 is 47.8 Å². The molecule has 2 rings (SSSR count). The van der Waals surface area contributed by atoms with Crippen molar-refractivity contribution in [3.63, 3.8) is 0 Å². The number of hydrogen-bond donors (Lipinski definition) is 1. The first kappa shape index (κ1) is 12.9. The van der Waals surface area contributed by atoms with E-state index in [-0.39, 0.29) is 0 Å². The van der Waals surface area contributed by atoms with E-state index in [1.54, 1.807) is 0 Å². The largest absolute Gasteiger partial charge is 0.490 e. The molecule has 0 spiro atoms. The summed E-state index contributed by atoms with van der Waals surface area (Å²) in [6.45, 7) is 1.83. The summed E-state index contributed by atoms with van der Waals surface area (Å²) in [7, 11) is 0. The van der Waals surface area contributed by atoms with Crippen molar-refractivity contribution in [1.82, 2.24) is 5.32 Å². The van der Waals surface area contributed by atoms with E-state index in [0.29, 0.717) is 6.04 Å². The lowest BCUT2D eigenvalue weighted by Crippen LogP contribution is -2.28. The molecule has 5 heteroatoms. The molecule has 0 bridgehead atoms. The molecule has 16 heavy (non-hydrogen) atoms. The summed E-state index contributed by atoms with van der Waals surface area (Å²) < 4.78 is 8.78. The Hall–Kier alpha value is 0.420. The SMILES string of the molecule is Brc1cc(Br)c(OC[C@@H]2CCCN2)c(Br)c1. The van der Waals surface area contributed by atoms with E-state index in [4.69, 9.17) is 4.74 Å². The van der Waals surface area contributed by atoms with Gasteiger partial charge in [0.2, 0.25) is 0 Å². The van der Waals surface area contributed by atoms with Gasteiger partial charge in [0.1, 0.15) is 12.4 Å². The first-order chi connectivity index (χ1) is 7.66. The third-order valence-corrected chi connectivity index (χ3v) is 4.19. The molecule has 1 fully saturated rings. The van der Waals surface area contributed by atoms with Crippen LogP contribution < -0.4 is 10.1 Å². The molecule has 0 amide bonds. The molecule has 1 heterocycles. The molecule has 0 aliphatic carbocycles. The average molecular weight is 414 g/mol. The second-order valence-corrected chi connectivity index (χ2v) is 6.43. The van der Waals surface area contributed by atoms with Gasteiger partial charge in [-0.25, -0.2) is 0 Å². The van der Waals surface area contributed by atoms with E-state index in [2.05, 4.69) is 53.1 Å².